The highest BCUT2D eigenvalue weighted by Crippen LogP contribution is 2.33. The second-order valence-corrected chi connectivity index (χ2v) is 6.94. The van der Waals surface area contributed by atoms with Crippen LogP contribution in [-0.4, -0.2) is 48.8 Å². The summed E-state index contributed by atoms with van der Waals surface area (Å²) in [5.41, 5.74) is 3.35. The van der Waals surface area contributed by atoms with Crippen molar-refractivity contribution in [1.29, 1.82) is 0 Å². The lowest BCUT2D eigenvalue weighted by atomic mass is 10.00. The molecule has 0 bridgehead atoms. The van der Waals surface area contributed by atoms with Crippen LogP contribution in [0.1, 0.15) is 12.8 Å². The Hall–Kier alpha value is -2.93. The summed E-state index contributed by atoms with van der Waals surface area (Å²) in [7, 11) is 3.26. The number of methoxy groups -OCH3 is 2. The minimum Gasteiger partial charge on any atom is -0.493 e. The first-order valence-corrected chi connectivity index (χ1v) is 9.57. The van der Waals surface area contributed by atoms with Gasteiger partial charge in [0, 0.05) is 24.5 Å². The summed E-state index contributed by atoms with van der Waals surface area (Å²) in [6.07, 6.45) is 5.84. The molecule has 0 spiro atoms. The third-order valence-electron chi connectivity index (χ3n) is 5.09. The second kappa shape index (κ2) is 8.39. The summed E-state index contributed by atoms with van der Waals surface area (Å²) in [6, 6.07) is 7.74. The number of nitrogens with zero attached hydrogens (tertiary/aromatic N) is 3. The molecule has 2 N–H and O–H groups in total. The fourth-order valence-corrected chi connectivity index (χ4v) is 3.58. The van der Waals surface area contributed by atoms with Gasteiger partial charge in [0.25, 0.3) is 0 Å². The average molecular weight is 379 g/mol. The Kier molecular flexibility index (Phi) is 5.53. The molecule has 1 aliphatic rings. The maximum absolute atomic E-state index is 5.44. The minimum absolute atomic E-state index is 0.590. The van der Waals surface area contributed by atoms with Gasteiger partial charge in [-0.15, -0.1) is 0 Å². The molecular weight excluding hydrogens is 354 g/mol. The van der Waals surface area contributed by atoms with Crippen LogP contribution >= 0.6 is 0 Å². The average Bonchev–Trinajstić information content (AvgIpc) is 2.77. The van der Waals surface area contributed by atoms with E-state index in [1.165, 1.54) is 12.8 Å². The van der Waals surface area contributed by atoms with Crippen LogP contribution < -0.4 is 20.1 Å². The van der Waals surface area contributed by atoms with Crippen LogP contribution in [0.15, 0.2) is 36.7 Å². The number of benzene rings is 1. The maximum Gasteiger partial charge on any atom is 0.161 e. The monoisotopic (exact) mass is 379 g/mol. The smallest absolute Gasteiger partial charge is 0.161 e. The van der Waals surface area contributed by atoms with Gasteiger partial charge in [0.2, 0.25) is 0 Å². The lowest BCUT2D eigenvalue weighted by molar-refractivity contribution is 0.355. The normalized spacial score (nSPS) is 16.7. The van der Waals surface area contributed by atoms with Crippen molar-refractivity contribution in [3.05, 3.63) is 36.7 Å². The number of nitrogens with one attached hydrogen (secondary N) is 2. The fraction of sp³-hybridized carbons (Fsp3) is 0.381. The molecule has 1 aliphatic heterocycles. The van der Waals surface area contributed by atoms with Gasteiger partial charge in [-0.25, -0.2) is 9.97 Å². The molecule has 0 saturated carbocycles. The highest BCUT2D eigenvalue weighted by atomic mass is 16.5. The molecule has 146 valence electrons. The number of aromatic nitrogens is 3. The predicted molar refractivity (Wildman–Crippen MR) is 110 cm³/mol. The fourth-order valence-electron chi connectivity index (χ4n) is 3.58. The van der Waals surface area contributed by atoms with Gasteiger partial charge in [-0.2, -0.15) is 0 Å². The van der Waals surface area contributed by atoms with Crippen LogP contribution in [0.5, 0.6) is 11.5 Å². The van der Waals surface area contributed by atoms with E-state index < -0.39 is 0 Å². The van der Waals surface area contributed by atoms with Crippen molar-refractivity contribution in [2.45, 2.75) is 12.8 Å². The zero-order valence-corrected chi connectivity index (χ0v) is 16.2. The minimum atomic E-state index is 0.590. The van der Waals surface area contributed by atoms with Crippen LogP contribution in [-0.2, 0) is 0 Å². The second-order valence-electron chi connectivity index (χ2n) is 6.94. The largest absolute Gasteiger partial charge is 0.493 e. The topological polar surface area (TPSA) is 81.2 Å². The molecular formula is C21H25N5O2. The molecule has 1 aromatic carbocycles. The number of fused-ring (bicyclic) bond motifs is 1. The molecule has 1 fully saturated rings. The van der Waals surface area contributed by atoms with Gasteiger partial charge in [-0.3, -0.25) is 4.98 Å². The molecule has 1 saturated heterocycles. The number of piperidine rings is 1. The number of anilines is 1. The molecule has 3 aromatic rings. The van der Waals surface area contributed by atoms with Crippen molar-refractivity contribution in [2.75, 3.05) is 39.2 Å². The molecule has 7 nitrogen and oxygen atoms in total. The predicted octanol–water partition coefficient (Wildman–Crippen LogP) is 3.12. The molecule has 4 rings (SSSR count). The highest BCUT2D eigenvalue weighted by Gasteiger charge is 2.16. The molecule has 3 heterocycles. The summed E-state index contributed by atoms with van der Waals surface area (Å²) in [5, 5.41) is 6.96. The Morgan fingerprint density at radius 1 is 1.11 bits per heavy atom. The zero-order chi connectivity index (χ0) is 19.3. The van der Waals surface area contributed by atoms with Crippen LogP contribution in [0.4, 0.5) is 5.82 Å². The van der Waals surface area contributed by atoms with Crippen molar-refractivity contribution in [1.82, 2.24) is 20.3 Å². The van der Waals surface area contributed by atoms with Gasteiger partial charge >= 0.3 is 0 Å². The van der Waals surface area contributed by atoms with E-state index in [2.05, 4.69) is 20.6 Å². The van der Waals surface area contributed by atoms with Crippen molar-refractivity contribution in [2.24, 2.45) is 5.92 Å². The quantitative estimate of drug-likeness (QED) is 0.681. The third kappa shape index (κ3) is 3.84. The van der Waals surface area contributed by atoms with Gasteiger partial charge in [-0.1, -0.05) is 0 Å². The Labute approximate surface area is 164 Å². The van der Waals surface area contributed by atoms with Crippen molar-refractivity contribution in [3.8, 4) is 22.8 Å². The van der Waals surface area contributed by atoms with E-state index in [9.17, 15) is 0 Å². The Morgan fingerprint density at radius 2 is 1.96 bits per heavy atom. The van der Waals surface area contributed by atoms with Crippen molar-refractivity contribution >= 4 is 16.9 Å². The molecule has 0 unspecified atom stereocenters. The summed E-state index contributed by atoms with van der Waals surface area (Å²) < 4.78 is 10.8. The van der Waals surface area contributed by atoms with E-state index in [0.29, 0.717) is 17.4 Å². The van der Waals surface area contributed by atoms with Crippen molar-refractivity contribution < 1.29 is 9.47 Å². The number of ether oxygens (including phenoxy) is 2. The van der Waals surface area contributed by atoms with E-state index in [0.717, 1.165) is 47.7 Å². The molecule has 2 aromatic heterocycles. The van der Waals surface area contributed by atoms with Crippen molar-refractivity contribution in [3.63, 3.8) is 0 Å². The summed E-state index contributed by atoms with van der Waals surface area (Å²) in [5.74, 6) is 2.71. The Morgan fingerprint density at radius 3 is 2.75 bits per heavy atom. The highest BCUT2D eigenvalue weighted by molar-refractivity contribution is 5.88. The number of hydrogen-bond donors (Lipinski definition) is 2. The summed E-state index contributed by atoms with van der Waals surface area (Å²) in [4.78, 5) is 13.8. The van der Waals surface area contributed by atoms with Gasteiger partial charge in [0.05, 0.1) is 25.4 Å². The Balaban J connectivity index is 1.69. The number of rotatable bonds is 6. The van der Waals surface area contributed by atoms with Crippen LogP contribution in [0.3, 0.4) is 0 Å². The molecule has 28 heavy (non-hydrogen) atoms. The third-order valence-corrected chi connectivity index (χ3v) is 5.09. The van der Waals surface area contributed by atoms with Gasteiger partial charge in [0.15, 0.2) is 17.3 Å². The van der Waals surface area contributed by atoms with E-state index in [-0.39, 0.29) is 0 Å². The maximum atomic E-state index is 5.44. The Bertz CT molecular complexity index is 957. The SMILES string of the molecule is COc1ccc(-c2cc3nccnc3c(NC[C@H]3CCCNC3)n2)cc1OC. The number of pyridine rings is 1. The first kappa shape index (κ1) is 18.4. The molecule has 0 amide bonds. The standard InChI is InChI=1S/C21H25N5O2/c1-27-18-6-5-15(10-19(18)28-2)16-11-17-20(24-9-8-23-17)21(26-16)25-13-14-4-3-7-22-12-14/h5-6,8-11,14,22H,3-4,7,12-13H2,1-2H3,(H,25,26)/t14-/m0/s1. The first-order chi connectivity index (χ1) is 13.8. The van der Waals surface area contributed by atoms with Gasteiger partial charge in [-0.05, 0) is 56.1 Å². The zero-order valence-electron chi connectivity index (χ0n) is 16.2. The van der Waals surface area contributed by atoms with Crippen LogP contribution in [0.25, 0.3) is 22.3 Å². The molecule has 0 radical (unpaired) electrons. The summed E-state index contributed by atoms with van der Waals surface area (Å²) in [6.45, 7) is 3.00. The molecule has 7 heteroatoms. The van der Waals surface area contributed by atoms with Gasteiger partial charge in [0.1, 0.15) is 5.52 Å². The van der Waals surface area contributed by atoms with Crippen LogP contribution in [0, 0.1) is 5.92 Å². The molecule has 0 aliphatic carbocycles. The number of hydrogen-bond acceptors (Lipinski definition) is 7. The van der Waals surface area contributed by atoms with E-state index in [1.807, 2.05) is 24.3 Å². The first-order valence-electron chi connectivity index (χ1n) is 9.57. The van der Waals surface area contributed by atoms with E-state index in [1.54, 1.807) is 26.6 Å². The van der Waals surface area contributed by atoms with E-state index in [4.69, 9.17) is 14.5 Å². The van der Waals surface area contributed by atoms with Crippen LogP contribution in [0.2, 0.25) is 0 Å². The lowest BCUT2D eigenvalue weighted by Gasteiger charge is -2.23. The lowest BCUT2D eigenvalue weighted by Crippen LogP contribution is -2.33. The molecule has 1 atom stereocenters. The van der Waals surface area contributed by atoms with E-state index >= 15 is 0 Å². The summed E-state index contributed by atoms with van der Waals surface area (Å²) >= 11 is 0. The van der Waals surface area contributed by atoms with Gasteiger partial charge < -0.3 is 20.1 Å².